The summed E-state index contributed by atoms with van der Waals surface area (Å²) in [5, 5.41) is 0. The lowest BCUT2D eigenvalue weighted by atomic mass is 9.83. The van der Waals surface area contributed by atoms with Gasteiger partial charge in [-0.05, 0) is 48.6 Å². The molecule has 1 aliphatic rings. The number of halogens is 1. The van der Waals surface area contributed by atoms with Crippen molar-refractivity contribution in [3.05, 3.63) is 35.4 Å². The van der Waals surface area contributed by atoms with Crippen LogP contribution in [0, 0.1) is 0 Å². The van der Waals surface area contributed by atoms with Gasteiger partial charge in [-0.3, -0.25) is 0 Å². The predicted octanol–water partition coefficient (Wildman–Crippen LogP) is 5.27. The van der Waals surface area contributed by atoms with E-state index in [1.807, 2.05) is 0 Å². The van der Waals surface area contributed by atoms with Crippen LogP contribution in [0.3, 0.4) is 0 Å². The smallest absolute Gasteiger partial charge is 0.0110 e. The monoisotopic (exact) mass is 328 g/mol. The van der Waals surface area contributed by atoms with Gasteiger partial charge in [0.25, 0.3) is 0 Å². The van der Waals surface area contributed by atoms with Crippen molar-refractivity contribution in [1.82, 2.24) is 0 Å². The van der Waals surface area contributed by atoms with E-state index in [1.165, 1.54) is 31.2 Å². The van der Waals surface area contributed by atoms with Crippen molar-refractivity contribution in [1.29, 1.82) is 0 Å². The van der Waals surface area contributed by atoms with Gasteiger partial charge in [0.2, 0.25) is 0 Å². The Labute approximate surface area is 113 Å². The molecule has 0 amide bonds. The average molecular weight is 328 g/mol. The number of rotatable bonds is 2. The van der Waals surface area contributed by atoms with Crippen LogP contribution in [-0.2, 0) is 0 Å². The third-order valence-electron chi connectivity index (χ3n) is 3.73. The molecule has 0 atom stereocenters. The SMILES string of the molecule is CC(C)c1ccc(C2CCC(I)CC2)cc1. The first-order valence-electron chi connectivity index (χ1n) is 6.40. The molecule has 0 aliphatic heterocycles. The minimum atomic E-state index is 0.652. The average Bonchev–Trinajstić information content (AvgIpc) is 2.30. The maximum Gasteiger partial charge on any atom is 0.0110 e. The van der Waals surface area contributed by atoms with Gasteiger partial charge in [-0.15, -0.1) is 0 Å². The topological polar surface area (TPSA) is 0 Å². The number of alkyl halides is 1. The Morgan fingerprint density at radius 3 is 2.06 bits per heavy atom. The van der Waals surface area contributed by atoms with E-state index in [2.05, 4.69) is 60.7 Å². The normalized spacial score (nSPS) is 26.0. The highest BCUT2D eigenvalue weighted by atomic mass is 127. The molecule has 0 spiro atoms. The summed E-state index contributed by atoms with van der Waals surface area (Å²) in [5.41, 5.74) is 3.03. The Balaban J connectivity index is 2.04. The zero-order valence-corrected chi connectivity index (χ0v) is 12.4. The van der Waals surface area contributed by atoms with Crippen molar-refractivity contribution in [2.75, 3.05) is 0 Å². The van der Waals surface area contributed by atoms with Crippen LogP contribution in [0.2, 0.25) is 0 Å². The highest BCUT2D eigenvalue weighted by Gasteiger charge is 2.20. The Morgan fingerprint density at radius 1 is 1.00 bits per heavy atom. The fourth-order valence-electron chi connectivity index (χ4n) is 2.54. The second-order valence-corrected chi connectivity index (χ2v) is 7.03. The Morgan fingerprint density at radius 2 is 1.56 bits per heavy atom. The molecule has 16 heavy (non-hydrogen) atoms. The molecule has 1 aliphatic carbocycles. The van der Waals surface area contributed by atoms with Crippen molar-refractivity contribution in [2.24, 2.45) is 0 Å². The summed E-state index contributed by atoms with van der Waals surface area (Å²) in [5.74, 6) is 1.48. The lowest BCUT2D eigenvalue weighted by molar-refractivity contribution is 0.462. The molecule has 1 heteroatoms. The fourth-order valence-corrected chi connectivity index (χ4v) is 3.26. The van der Waals surface area contributed by atoms with Gasteiger partial charge in [0.1, 0.15) is 0 Å². The molecule has 1 aromatic carbocycles. The molecule has 88 valence electrons. The molecular weight excluding hydrogens is 307 g/mol. The molecule has 1 fully saturated rings. The summed E-state index contributed by atoms with van der Waals surface area (Å²) in [7, 11) is 0. The Bertz CT molecular complexity index is 318. The van der Waals surface area contributed by atoms with Gasteiger partial charge >= 0.3 is 0 Å². The molecule has 0 aromatic heterocycles. The molecule has 2 rings (SSSR count). The first-order chi connectivity index (χ1) is 7.66. The van der Waals surface area contributed by atoms with Crippen molar-refractivity contribution in [3.63, 3.8) is 0 Å². The van der Waals surface area contributed by atoms with Gasteiger partial charge in [-0.25, -0.2) is 0 Å². The molecule has 0 nitrogen and oxygen atoms in total. The zero-order valence-electron chi connectivity index (χ0n) is 10.2. The second kappa shape index (κ2) is 5.52. The van der Waals surface area contributed by atoms with E-state index in [0.717, 1.165) is 9.84 Å². The van der Waals surface area contributed by atoms with E-state index in [9.17, 15) is 0 Å². The lowest BCUT2D eigenvalue weighted by Gasteiger charge is -2.25. The third kappa shape index (κ3) is 2.99. The van der Waals surface area contributed by atoms with Gasteiger partial charge in [0.05, 0.1) is 0 Å². The summed E-state index contributed by atoms with van der Waals surface area (Å²) in [6, 6.07) is 9.34. The standard InChI is InChI=1S/C15H21I/c1-11(2)12-3-5-13(6-4-12)14-7-9-15(16)10-8-14/h3-6,11,14-15H,7-10H2,1-2H3. The van der Waals surface area contributed by atoms with Crippen LogP contribution in [0.5, 0.6) is 0 Å². The first kappa shape index (κ1) is 12.4. The quantitative estimate of drug-likeness (QED) is 0.512. The van der Waals surface area contributed by atoms with Crippen LogP contribution in [-0.4, -0.2) is 3.92 Å². The molecule has 0 unspecified atom stereocenters. The van der Waals surface area contributed by atoms with Crippen molar-refractivity contribution in [2.45, 2.75) is 55.3 Å². The van der Waals surface area contributed by atoms with E-state index >= 15 is 0 Å². The highest BCUT2D eigenvalue weighted by Crippen LogP contribution is 2.36. The van der Waals surface area contributed by atoms with Crippen LogP contribution in [0.1, 0.15) is 62.5 Å². The first-order valence-corrected chi connectivity index (χ1v) is 7.65. The second-order valence-electron chi connectivity index (χ2n) is 5.27. The molecule has 0 N–H and O–H groups in total. The van der Waals surface area contributed by atoms with Crippen molar-refractivity contribution >= 4 is 22.6 Å². The van der Waals surface area contributed by atoms with E-state index in [1.54, 1.807) is 5.56 Å². The number of hydrogen-bond donors (Lipinski definition) is 0. The molecule has 0 heterocycles. The molecule has 0 radical (unpaired) electrons. The Hall–Kier alpha value is -0.0500. The van der Waals surface area contributed by atoms with Crippen LogP contribution in [0.25, 0.3) is 0 Å². The zero-order chi connectivity index (χ0) is 11.5. The molecule has 1 saturated carbocycles. The summed E-state index contributed by atoms with van der Waals surface area (Å²) in [6.45, 7) is 4.52. The predicted molar refractivity (Wildman–Crippen MR) is 79.5 cm³/mol. The highest BCUT2D eigenvalue weighted by molar-refractivity contribution is 14.1. The molecular formula is C15H21I. The Kier molecular flexibility index (Phi) is 4.28. The minimum absolute atomic E-state index is 0.652. The van der Waals surface area contributed by atoms with Crippen LogP contribution in [0.4, 0.5) is 0 Å². The third-order valence-corrected chi connectivity index (χ3v) is 4.98. The van der Waals surface area contributed by atoms with Gasteiger partial charge in [0, 0.05) is 3.92 Å². The maximum atomic E-state index is 2.60. The lowest BCUT2D eigenvalue weighted by Crippen LogP contribution is -2.12. The van der Waals surface area contributed by atoms with Gasteiger partial charge in [-0.2, -0.15) is 0 Å². The van der Waals surface area contributed by atoms with Crippen molar-refractivity contribution < 1.29 is 0 Å². The summed E-state index contributed by atoms with van der Waals surface area (Å²) >= 11 is 2.60. The molecule has 0 saturated heterocycles. The van der Waals surface area contributed by atoms with E-state index in [-0.39, 0.29) is 0 Å². The van der Waals surface area contributed by atoms with E-state index in [4.69, 9.17) is 0 Å². The van der Waals surface area contributed by atoms with Gasteiger partial charge in [0.15, 0.2) is 0 Å². The van der Waals surface area contributed by atoms with Crippen LogP contribution < -0.4 is 0 Å². The summed E-state index contributed by atoms with van der Waals surface area (Å²) in [4.78, 5) is 0. The van der Waals surface area contributed by atoms with Crippen LogP contribution >= 0.6 is 22.6 Å². The van der Waals surface area contributed by atoms with E-state index < -0.39 is 0 Å². The van der Waals surface area contributed by atoms with Crippen molar-refractivity contribution in [3.8, 4) is 0 Å². The molecule has 0 bridgehead atoms. The van der Waals surface area contributed by atoms with Gasteiger partial charge in [-0.1, -0.05) is 60.7 Å². The van der Waals surface area contributed by atoms with Gasteiger partial charge < -0.3 is 0 Å². The number of benzene rings is 1. The summed E-state index contributed by atoms with van der Waals surface area (Å²) < 4.78 is 0.920. The maximum absolute atomic E-state index is 2.60. The molecule has 1 aromatic rings. The fraction of sp³-hybridized carbons (Fsp3) is 0.600. The summed E-state index contributed by atoms with van der Waals surface area (Å²) in [6.07, 6.45) is 5.57. The minimum Gasteiger partial charge on any atom is -0.0826 e. The van der Waals surface area contributed by atoms with E-state index in [0.29, 0.717) is 5.92 Å². The largest absolute Gasteiger partial charge is 0.0826 e. The van der Waals surface area contributed by atoms with Crippen LogP contribution in [0.15, 0.2) is 24.3 Å². The number of hydrogen-bond acceptors (Lipinski definition) is 0.